The lowest BCUT2D eigenvalue weighted by atomic mass is 10.2. The van der Waals surface area contributed by atoms with Crippen LogP contribution in [0.1, 0.15) is 10.4 Å². The molecule has 0 aliphatic carbocycles. The highest BCUT2D eigenvalue weighted by atomic mass is 79.9. The maximum absolute atomic E-state index is 12.4. The van der Waals surface area contributed by atoms with Gasteiger partial charge in [0.2, 0.25) is 0 Å². The quantitative estimate of drug-likeness (QED) is 0.645. The summed E-state index contributed by atoms with van der Waals surface area (Å²) in [6.07, 6.45) is 1.60. The molecule has 0 spiro atoms. The second kappa shape index (κ2) is 7.81. The lowest BCUT2D eigenvalue weighted by molar-refractivity contribution is 0.102. The van der Waals surface area contributed by atoms with Crippen LogP contribution in [0.3, 0.4) is 0 Å². The lowest BCUT2D eigenvalue weighted by Crippen LogP contribution is -2.12. The van der Waals surface area contributed by atoms with Gasteiger partial charge in [0.25, 0.3) is 5.91 Å². The molecule has 126 valence electrons. The van der Waals surface area contributed by atoms with E-state index in [0.29, 0.717) is 11.4 Å². The molecule has 1 amide bonds. The minimum absolute atomic E-state index is 0.196. The molecule has 2 aromatic carbocycles. The molecule has 1 heterocycles. The molecule has 0 unspecified atom stereocenters. The van der Waals surface area contributed by atoms with Crippen molar-refractivity contribution in [2.45, 2.75) is 0 Å². The molecule has 0 atom stereocenters. The van der Waals surface area contributed by atoms with E-state index in [9.17, 15) is 4.79 Å². The number of anilines is 3. The number of ether oxygens (including phenoxy) is 1. The average Bonchev–Trinajstić information content (AvgIpc) is 2.64. The van der Waals surface area contributed by atoms with Crippen molar-refractivity contribution in [2.24, 2.45) is 0 Å². The third kappa shape index (κ3) is 4.58. The van der Waals surface area contributed by atoms with Crippen LogP contribution in [0.25, 0.3) is 0 Å². The van der Waals surface area contributed by atoms with Crippen molar-refractivity contribution in [1.29, 1.82) is 0 Å². The molecular formula is C19H16BrN3O2. The minimum Gasteiger partial charge on any atom is -0.497 e. The zero-order chi connectivity index (χ0) is 17.6. The summed E-state index contributed by atoms with van der Waals surface area (Å²) in [4.78, 5) is 16.7. The highest BCUT2D eigenvalue weighted by molar-refractivity contribution is 9.10. The molecule has 0 saturated carbocycles. The van der Waals surface area contributed by atoms with Crippen LogP contribution in [0.15, 0.2) is 71.3 Å². The normalized spacial score (nSPS) is 10.2. The van der Waals surface area contributed by atoms with Gasteiger partial charge in [-0.3, -0.25) is 4.79 Å². The van der Waals surface area contributed by atoms with Gasteiger partial charge in [-0.05, 0) is 48.5 Å². The third-order valence-corrected chi connectivity index (χ3v) is 4.00. The van der Waals surface area contributed by atoms with Gasteiger partial charge in [-0.15, -0.1) is 0 Å². The number of pyridine rings is 1. The molecule has 2 N–H and O–H groups in total. The number of rotatable bonds is 5. The van der Waals surface area contributed by atoms with Crippen molar-refractivity contribution in [1.82, 2.24) is 4.98 Å². The Morgan fingerprint density at radius 2 is 1.84 bits per heavy atom. The van der Waals surface area contributed by atoms with Gasteiger partial charge in [-0.2, -0.15) is 0 Å². The first-order valence-corrected chi connectivity index (χ1v) is 8.37. The Kier molecular flexibility index (Phi) is 5.30. The lowest BCUT2D eigenvalue weighted by Gasteiger charge is -2.09. The number of amides is 1. The Hall–Kier alpha value is -2.86. The molecule has 1 aromatic heterocycles. The van der Waals surface area contributed by atoms with Gasteiger partial charge in [0, 0.05) is 33.7 Å². The maximum Gasteiger partial charge on any atom is 0.255 e. The first kappa shape index (κ1) is 17.0. The second-order valence-electron chi connectivity index (χ2n) is 5.25. The molecular weight excluding hydrogens is 382 g/mol. The van der Waals surface area contributed by atoms with Gasteiger partial charge in [-0.25, -0.2) is 4.98 Å². The smallest absolute Gasteiger partial charge is 0.255 e. The Morgan fingerprint density at radius 1 is 1.04 bits per heavy atom. The van der Waals surface area contributed by atoms with Crippen molar-refractivity contribution in [2.75, 3.05) is 17.7 Å². The van der Waals surface area contributed by atoms with E-state index in [4.69, 9.17) is 4.74 Å². The van der Waals surface area contributed by atoms with Crippen molar-refractivity contribution in [3.05, 3.63) is 76.9 Å². The average molecular weight is 398 g/mol. The molecule has 0 aliphatic rings. The minimum atomic E-state index is -0.196. The first-order valence-electron chi connectivity index (χ1n) is 7.58. The van der Waals surface area contributed by atoms with Gasteiger partial charge in [0.05, 0.1) is 7.11 Å². The van der Waals surface area contributed by atoms with Crippen LogP contribution < -0.4 is 15.4 Å². The van der Waals surface area contributed by atoms with Crippen LogP contribution in [0.2, 0.25) is 0 Å². The summed E-state index contributed by atoms with van der Waals surface area (Å²) < 4.78 is 6.16. The maximum atomic E-state index is 12.4. The highest BCUT2D eigenvalue weighted by Crippen LogP contribution is 2.21. The summed E-state index contributed by atoms with van der Waals surface area (Å²) in [6, 6.07) is 18.3. The highest BCUT2D eigenvalue weighted by Gasteiger charge is 2.08. The van der Waals surface area contributed by atoms with Crippen LogP contribution in [-0.4, -0.2) is 18.0 Å². The van der Waals surface area contributed by atoms with Crippen LogP contribution in [0, 0.1) is 0 Å². The largest absolute Gasteiger partial charge is 0.497 e. The van der Waals surface area contributed by atoms with Gasteiger partial charge in [-0.1, -0.05) is 22.0 Å². The van der Waals surface area contributed by atoms with E-state index in [1.807, 2.05) is 48.5 Å². The zero-order valence-electron chi connectivity index (χ0n) is 13.5. The molecule has 0 bridgehead atoms. The SMILES string of the molecule is COc1cccc(Nc2cc(C(=O)Nc3ccc(Br)cc3)ccn2)c1. The standard InChI is InChI=1S/C19H16BrN3O2/c1-25-17-4-2-3-16(12-17)22-18-11-13(9-10-21-18)19(24)23-15-7-5-14(20)6-8-15/h2-12H,1H3,(H,21,22)(H,23,24). The van der Waals surface area contributed by atoms with Crippen molar-refractivity contribution in [3.63, 3.8) is 0 Å². The van der Waals surface area contributed by atoms with Gasteiger partial charge in [0.1, 0.15) is 11.6 Å². The summed E-state index contributed by atoms with van der Waals surface area (Å²) in [5.41, 5.74) is 2.08. The Labute approximate surface area is 154 Å². The fourth-order valence-electron chi connectivity index (χ4n) is 2.23. The number of aromatic nitrogens is 1. The molecule has 5 nitrogen and oxygen atoms in total. The third-order valence-electron chi connectivity index (χ3n) is 3.47. The van der Waals surface area contributed by atoms with Crippen LogP contribution in [0.4, 0.5) is 17.2 Å². The van der Waals surface area contributed by atoms with E-state index in [0.717, 1.165) is 21.6 Å². The summed E-state index contributed by atoms with van der Waals surface area (Å²) in [5, 5.41) is 6.03. The van der Waals surface area contributed by atoms with Gasteiger partial charge in [0.15, 0.2) is 0 Å². The van der Waals surface area contributed by atoms with E-state index >= 15 is 0 Å². The summed E-state index contributed by atoms with van der Waals surface area (Å²) in [6.45, 7) is 0. The van der Waals surface area contributed by atoms with E-state index in [1.165, 1.54) is 0 Å². The number of methoxy groups -OCH3 is 1. The predicted molar refractivity (Wildman–Crippen MR) is 103 cm³/mol. The number of halogens is 1. The zero-order valence-corrected chi connectivity index (χ0v) is 15.1. The van der Waals surface area contributed by atoms with Crippen LogP contribution >= 0.6 is 15.9 Å². The molecule has 0 aliphatic heterocycles. The number of hydrogen-bond acceptors (Lipinski definition) is 4. The number of nitrogens with one attached hydrogen (secondary N) is 2. The van der Waals surface area contributed by atoms with E-state index in [2.05, 4.69) is 31.5 Å². The predicted octanol–water partition coefficient (Wildman–Crippen LogP) is 4.85. The monoisotopic (exact) mass is 397 g/mol. The van der Waals surface area contributed by atoms with Crippen LogP contribution in [-0.2, 0) is 0 Å². The van der Waals surface area contributed by atoms with E-state index in [-0.39, 0.29) is 5.91 Å². The molecule has 0 saturated heterocycles. The molecule has 3 aromatic rings. The Balaban J connectivity index is 1.74. The number of hydrogen-bond donors (Lipinski definition) is 2. The summed E-state index contributed by atoms with van der Waals surface area (Å²) in [5.74, 6) is 1.13. The molecule has 0 fully saturated rings. The molecule has 25 heavy (non-hydrogen) atoms. The van der Waals surface area contributed by atoms with Crippen molar-refractivity contribution in [3.8, 4) is 5.75 Å². The fraction of sp³-hybridized carbons (Fsp3) is 0.0526. The van der Waals surface area contributed by atoms with E-state index in [1.54, 1.807) is 25.4 Å². The fourth-order valence-corrected chi connectivity index (χ4v) is 2.49. The second-order valence-corrected chi connectivity index (χ2v) is 6.16. The number of benzene rings is 2. The molecule has 0 radical (unpaired) electrons. The summed E-state index contributed by atoms with van der Waals surface area (Å²) in [7, 11) is 1.62. The van der Waals surface area contributed by atoms with E-state index < -0.39 is 0 Å². The van der Waals surface area contributed by atoms with Crippen molar-refractivity contribution < 1.29 is 9.53 Å². The first-order chi connectivity index (χ1) is 12.1. The van der Waals surface area contributed by atoms with Crippen LogP contribution in [0.5, 0.6) is 5.75 Å². The van der Waals surface area contributed by atoms with Crippen molar-refractivity contribution >= 4 is 39.0 Å². The Bertz CT molecular complexity index is 882. The number of carbonyl (C=O) groups excluding carboxylic acids is 1. The van der Waals surface area contributed by atoms with Gasteiger partial charge >= 0.3 is 0 Å². The molecule has 6 heteroatoms. The van der Waals surface area contributed by atoms with Gasteiger partial charge < -0.3 is 15.4 Å². The summed E-state index contributed by atoms with van der Waals surface area (Å²) >= 11 is 3.37. The molecule has 3 rings (SSSR count). The number of carbonyl (C=O) groups is 1. The topological polar surface area (TPSA) is 63.2 Å². The Morgan fingerprint density at radius 3 is 2.60 bits per heavy atom. The number of nitrogens with zero attached hydrogens (tertiary/aromatic N) is 1.